The number of hydrogen-bond donors (Lipinski definition) is 1. The van der Waals surface area contributed by atoms with Crippen LogP contribution < -0.4 is 5.56 Å². The molecular weight excluding hydrogens is 219 g/mol. The lowest BCUT2D eigenvalue weighted by Gasteiger charge is -2.02. The van der Waals surface area contributed by atoms with Crippen molar-refractivity contribution in [2.45, 2.75) is 19.8 Å². The van der Waals surface area contributed by atoms with Crippen molar-refractivity contribution in [1.82, 2.24) is 10.2 Å². The zero-order chi connectivity index (χ0) is 12.3. The maximum absolute atomic E-state index is 13.0. The molecule has 2 rings (SSSR count). The molecule has 3 nitrogen and oxygen atoms in total. The van der Waals surface area contributed by atoms with Gasteiger partial charge in [-0.3, -0.25) is 4.79 Å². The molecular formula is C13H13FN2O. The highest BCUT2D eigenvalue weighted by molar-refractivity contribution is 5.19. The molecule has 1 N–H and O–H groups in total. The van der Waals surface area contributed by atoms with Crippen LogP contribution in [-0.2, 0) is 12.8 Å². The van der Waals surface area contributed by atoms with Crippen LogP contribution in [0.15, 0.2) is 35.1 Å². The van der Waals surface area contributed by atoms with E-state index in [4.69, 9.17) is 0 Å². The minimum absolute atomic E-state index is 0.174. The van der Waals surface area contributed by atoms with Crippen LogP contribution in [0.1, 0.15) is 16.8 Å². The number of aryl methyl sites for hydroxylation is 3. The maximum Gasteiger partial charge on any atom is 0.267 e. The average molecular weight is 232 g/mol. The van der Waals surface area contributed by atoms with Gasteiger partial charge in [0, 0.05) is 5.56 Å². The molecule has 17 heavy (non-hydrogen) atoms. The third-order valence-corrected chi connectivity index (χ3v) is 2.58. The Morgan fingerprint density at radius 1 is 1.29 bits per heavy atom. The monoisotopic (exact) mass is 232 g/mol. The Hall–Kier alpha value is -1.97. The van der Waals surface area contributed by atoms with Gasteiger partial charge in [-0.05, 0) is 43.5 Å². The van der Waals surface area contributed by atoms with Gasteiger partial charge in [0.15, 0.2) is 0 Å². The molecule has 0 fully saturated rings. The van der Waals surface area contributed by atoms with Crippen LogP contribution in [-0.4, -0.2) is 10.2 Å². The first-order valence-electron chi connectivity index (χ1n) is 5.45. The molecule has 0 aliphatic rings. The lowest BCUT2D eigenvalue weighted by molar-refractivity contribution is 0.625. The first kappa shape index (κ1) is 11.5. The number of rotatable bonds is 3. The predicted octanol–water partition coefficient (Wildman–Crippen LogP) is 2.00. The van der Waals surface area contributed by atoms with Gasteiger partial charge in [-0.2, -0.15) is 5.10 Å². The van der Waals surface area contributed by atoms with E-state index >= 15 is 0 Å². The standard InChI is InChI=1S/C13H13FN2O/c1-9-7-11(13(17)16-15-9)6-5-10-3-2-4-12(14)8-10/h2-4,7-8H,5-6H2,1H3,(H,16,17). The van der Waals surface area contributed by atoms with Gasteiger partial charge in [-0.25, -0.2) is 9.49 Å². The Balaban J connectivity index is 2.12. The fourth-order valence-corrected chi connectivity index (χ4v) is 1.72. The molecule has 1 aromatic carbocycles. The molecule has 0 atom stereocenters. The number of benzene rings is 1. The van der Waals surface area contributed by atoms with Gasteiger partial charge in [-0.15, -0.1) is 0 Å². The van der Waals surface area contributed by atoms with Crippen molar-refractivity contribution in [2.24, 2.45) is 0 Å². The van der Waals surface area contributed by atoms with E-state index in [2.05, 4.69) is 10.2 Å². The summed E-state index contributed by atoms with van der Waals surface area (Å²) in [5.74, 6) is -0.248. The molecule has 0 radical (unpaired) electrons. The molecule has 0 aliphatic heterocycles. The molecule has 0 saturated heterocycles. The molecule has 0 unspecified atom stereocenters. The van der Waals surface area contributed by atoms with Crippen LogP contribution in [0.4, 0.5) is 4.39 Å². The number of aromatic nitrogens is 2. The van der Waals surface area contributed by atoms with Crippen molar-refractivity contribution in [3.05, 3.63) is 63.3 Å². The Morgan fingerprint density at radius 3 is 2.88 bits per heavy atom. The zero-order valence-corrected chi connectivity index (χ0v) is 9.53. The summed E-state index contributed by atoms with van der Waals surface area (Å²) in [6, 6.07) is 8.19. The van der Waals surface area contributed by atoms with Crippen LogP contribution in [0.2, 0.25) is 0 Å². The SMILES string of the molecule is Cc1cc(CCc2cccc(F)c2)c(=O)[nH]n1. The van der Waals surface area contributed by atoms with Gasteiger partial charge in [0.25, 0.3) is 5.56 Å². The van der Waals surface area contributed by atoms with E-state index in [9.17, 15) is 9.18 Å². The van der Waals surface area contributed by atoms with Gasteiger partial charge >= 0.3 is 0 Å². The zero-order valence-electron chi connectivity index (χ0n) is 9.53. The highest BCUT2D eigenvalue weighted by atomic mass is 19.1. The van der Waals surface area contributed by atoms with Crippen molar-refractivity contribution in [3.63, 3.8) is 0 Å². The Bertz CT molecular complexity index is 578. The summed E-state index contributed by atoms with van der Waals surface area (Å²) in [6.07, 6.45) is 1.23. The Labute approximate surface area is 98.3 Å². The summed E-state index contributed by atoms with van der Waals surface area (Å²) in [5, 5.41) is 6.25. The molecule has 2 aromatic rings. The minimum Gasteiger partial charge on any atom is -0.268 e. The van der Waals surface area contributed by atoms with Crippen molar-refractivity contribution in [2.75, 3.05) is 0 Å². The highest BCUT2D eigenvalue weighted by Crippen LogP contribution is 2.07. The largest absolute Gasteiger partial charge is 0.268 e. The lowest BCUT2D eigenvalue weighted by atomic mass is 10.1. The van der Waals surface area contributed by atoms with Crippen molar-refractivity contribution in [3.8, 4) is 0 Å². The Kier molecular flexibility index (Phi) is 3.32. The van der Waals surface area contributed by atoms with Gasteiger partial charge in [0.05, 0.1) is 5.69 Å². The summed E-state index contributed by atoms with van der Waals surface area (Å²) >= 11 is 0. The number of aromatic amines is 1. The second-order valence-electron chi connectivity index (χ2n) is 3.99. The number of hydrogen-bond acceptors (Lipinski definition) is 2. The Morgan fingerprint density at radius 2 is 2.12 bits per heavy atom. The van der Waals surface area contributed by atoms with E-state index in [0.29, 0.717) is 18.4 Å². The van der Waals surface area contributed by atoms with Crippen molar-refractivity contribution >= 4 is 0 Å². The first-order chi connectivity index (χ1) is 8.15. The van der Waals surface area contributed by atoms with Crippen LogP contribution in [0, 0.1) is 12.7 Å². The van der Waals surface area contributed by atoms with Gasteiger partial charge in [0.2, 0.25) is 0 Å². The molecule has 0 saturated carbocycles. The first-order valence-corrected chi connectivity index (χ1v) is 5.45. The molecule has 0 spiro atoms. The summed E-state index contributed by atoms with van der Waals surface area (Å²) < 4.78 is 13.0. The normalized spacial score (nSPS) is 10.5. The van der Waals surface area contributed by atoms with E-state index in [1.165, 1.54) is 12.1 Å². The molecule has 1 heterocycles. The summed E-state index contributed by atoms with van der Waals surface area (Å²) in [7, 11) is 0. The van der Waals surface area contributed by atoms with E-state index in [1.807, 2.05) is 13.0 Å². The van der Waals surface area contributed by atoms with Crippen LogP contribution >= 0.6 is 0 Å². The summed E-state index contributed by atoms with van der Waals surface area (Å²) in [4.78, 5) is 11.5. The molecule has 0 amide bonds. The van der Waals surface area contributed by atoms with E-state index in [-0.39, 0.29) is 11.4 Å². The second-order valence-corrected chi connectivity index (χ2v) is 3.99. The smallest absolute Gasteiger partial charge is 0.267 e. The van der Waals surface area contributed by atoms with Crippen molar-refractivity contribution < 1.29 is 4.39 Å². The van der Waals surface area contributed by atoms with Gasteiger partial charge in [-0.1, -0.05) is 12.1 Å². The van der Waals surface area contributed by atoms with E-state index < -0.39 is 0 Å². The predicted molar refractivity (Wildman–Crippen MR) is 63.4 cm³/mol. The van der Waals surface area contributed by atoms with Crippen LogP contribution in [0.5, 0.6) is 0 Å². The highest BCUT2D eigenvalue weighted by Gasteiger charge is 2.02. The molecule has 4 heteroatoms. The third kappa shape index (κ3) is 3.00. The summed E-state index contributed by atoms with van der Waals surface area (Å²) in [5.41, 5.74) is 2.17. The maximum atomic E-state index is 13.0. The number of halogens is 1. The molecule has 88 valence electrons. The quantitative estimate of drug-likeness (QED) is 0.879. The van der Waals surface area contributed by atoms with Crippen molar-refractivity contribution in [1.29, 1.82) is 0 Å². The molecule has 1 aromatic heterocycles. The summed E-state index contributed by atoms with van der Waals surface area (Å²) in [6.45, 7) is 1.82. The van der Waals surface area contributed by atoms with Gasteiger partial charge in [0.1, 0.15) is 5.82 Å². The fourth-order valence-electron chi connectivity index (χ4n) is 1.72. The third-order valence-electron chi connectivity index (χ3n) is 2.58. The van der Waals surface area contributed by atoms with Crippen LogP contribution in [0.25, 0.3) is 0 Å². The fraction of sp³-hybridized carbons (Fsp3) is 0.231. The molecule has 0 aliphatic carbocycles. The topological polar surface area (TPSA) is 45.8 Å². The van der Waals surface area contributed by atoms with E-state index in [0.717, 1.165) is 11.3 Å². The second kappa shape index (κ2) is 4.91. The number of H-pyrrole nitrogens is 1. The van der Waals surface area contributed by atoms with E-state index in [1.54, 1.807) is 12.1 Å². The average Bonchev–Trinajstić information content (AvgIpc) is 2.30. The number of nitrogens with zero attached hydrogens (tertiary/aromatic N) is 1. The lowest BCUT2D eigenvalue weighted by Crippen LogP contribution is -2.15. The minimum atomic E-state index is -0.248. The van der Waals surface area contributed by atoms with Crippen LogP contribution in [0.3, 0.4) is 0 Å². The number of nitrogens with one attached hydrogen (secondary N) is 1. The molecule has 0 bridgehead atoms. The van der Waals surface area contributed by atoms with Gasteiger partial charge < -0.3 is 0 Å².